The van der Waals surface area contributed by atoms with E-state index in [1.807, 2.05) is 0 Å². The van der Waals surface area contributed by atoms with Crippen LogP contribution in [0.15, 0.2) is 35.0 Å². The summed E-state index contributed by atoms with van der Waals surface area (Å²) >= 11 is 0. The fourth-order valence-electron chi connectivity index (χ4n) is 2.67. The summed E-state index contributed by atoms with van der Waals surface area (Å²) in [5, 5.41) is 4.08. The topological polar surface area (TPSA) is 67.8 Å². The molecule has 0 heterocycles. The van der Waals surface area contributed by atoms with Gasteiger partial charge in [0, 0.05) is 5.56 Å². The van der Waals surface area contributed by atoms with Crippen molar-refractivity contribution in [2.24, 2.45) is 11.1 Å². The first-order valence-electron chi connectivity index (χ1n) is 9.89. The molecule has 9 heteroatoms. The Bertz CT molecular complexity index is 859. The summed E-state index contributed by atoms with van der Waals surface area (Å²) < 4.78 is 62.9. The van der Waals surface area contributed by atoms with Crippen LogP contribution in [0.2, 0.25) is 0 Å². The van der Waals surface area contributed by atoms with E-state index in [2.05, 4.69) is 32.0 Å². The Labute approximate surface area is 177 Å². The van der Waals surface area contributed by atoms with Gasteiger partial charge in [-0.05, 0) is 64.5 Å². The highest BCUT2D eigenvalue weighted by Crippen LogP contribution is 2.28. The average molecular weight is 449 g/mol. The SMILES string of the molecule is CC/C(=N\OCCC(C)CCC=C(C)C)c1cc(C)ccc1NS(=O)(=O)C(F)(F)F. The van der Waals surface area contributed by atoms with E-state index >= 15 is 0 Å². The van der Waals surface area contributed by atoms with E-state index in [-0.39, 0.29) is 11.3 Å². The van der Waals surface area contributed by atoms with Gasteiger partial charge in [-0.2, -0.15) is 21.6 Å². The molecule has 0 fully saturated rings. The smallest absolute Gasteiger partial charge is 0.396 e. The standard InChI is InChI=1S/C21H31F3N2O3S/c1-6-19(25-29-13-12-16(4)9-7-8-15(2)3)18-14-17(5)10-11-20(18)26-30(27,28)21(22,23)24/h8,10-11,14,16,26H,6-7,9,12-13H2,1-5H3/b25-19+. The lowest BCUT2D eigenvalue weighted by molar-refractivity contribution is -0.0429. The number of alkyl halides is 3. The zero-order valence-electron chi connectivity index (χ0n) is 18.1. The second-order valence-electron chi connectivity index (χ2n) is 7.58. The maximum absolute atomic E-state index is 12.8. The molecule has 0 aromatic heterocycles. The number of nitrogens with one attached hydrogen (secondary N) is 1. The summed E-state index contributed by atoms with van der Waals surface area (Å²) in [4.78, 5) is 5.40. The normalized spacial score (nSPS) is 13.7. The molecular weight excluding hydrogens is 417 g/mol. The van der Waals surface area contributed by atoms with Crippen LogP contribution < -0.4 is 4.72 Å². The van der Waals surface area contributed by atoms with E-state index in [4.69, 9.17) is 4.84 Å². The first-order chi connectivity index (χ1) is 13.9. The van der Waals surface area contributed by atoms with E-state index in [1.165, 1.54) is 17.7 Å². The fraction of sp³-hybridized carbons (Fsp3) is 0.571. The number of aryl methyl sites for hydroxylation is 1. The molecule has 1 atom stereocenters. The van der Waals surface area contributed by atoms with E-state index in [1.54, 1.807) is 24.6 Å². The molecular formula is C21H31F3N2O3S. The van der Waals surface area contributed by atoms with Gasteiger partial charge in [-0.15, -0.1) is 0 Å². The molecule has 0 amide bonds. The average Bonchev–Trinajstić information content (AvgIpc) is 2.62. The molecule has 1 aromatic rings. The largest absolute Gasteiger partial charge is 0.516 e. The number of rotatable bonds is 11. The quantitative estimate of drug-likeness (QED) is 0.191. The molecule has 0 radical (unpaired) electrons. The number of allylic oxidation sites excluding steroid dienone is 2. The molecule has 0 saturated carbocycles. The Morgan fingerprint density at radius 1 is 1.27 bits per heavy atom. The van der Waals surface area contributed by atoms with Crippen molar-refractivity contribution in [3.8, 4) is 0 Å². The van der Waals surface area contributed by atoms with Crippen LogP contribution in [-0.2, 0) is 14.9 Å². The van der Waals surface area contributed by atoms with Crippen molar-refractivity contribution >= 4 is 21.4 Å². The summed E-state index contributed by atoms with van der Waals surface area (Å²) in [6, 6.07) is 4.41. The lowest BCUT2D eigenvalue weighted by atomic mass is 10.0. The molecule has 1 unspecified atom stereocenters. The zero-order chi connectivity index (χ0) is 22.9. The van der Waals surface area contributed by atoms with Crippen LogP contribution in [0.5, 0.6) is 0 Å². The van der Waals surface area contributed by atoms with Crippen molar-refractivity contribution in [3.63, 3.8) is 0 Å². The zero-order valence-corrected chi connectivity index (χ0v) is 19.0. The Morgan fingerprint density at radius 2 is 1.93 bits per heavy atom. The van der Waals surface area contributed by atoms with E-state index in [0.717, 1.165) is 24.8 Å². The molecule has 1 aromatic carbocycles. The van der Waals surface area contributed by atoms with Crippen LogP contribution in [0.3, 0.4) is 0 Å². The van der Waals surface area contributed by atoms with Gasteiger partial charge < -0.3 is 4.84 Å². The number of halogens is 3. The van der Waals surface area contributed by atoms with Gasteiger partial charge in [0.05, 0.1) is 11.4 Å². The minimum absolute atomic E-state index is 0.183. The Hall–Kier alpha value is -2.03. The summed E-state index contributed by atoms with van der Waals surface area (Å²) in [7, 11) is -5.53. The third-order valence-electron chi connectivity index (χ3n) is 4.46. The molecule has 0 bridgehead atoms. The fourth-order valence-corrected chi connectivity index (χ4v) is 3.25. The van der Waals surface area contributed by atoms with Crippen LogP contribution >= 0.6 is 0 Å². The second kappa shape index (κ2) is 11.4. The third-order valence-corrected chi connectivity index (χ3v) is 5.56. The molecule has 1 N–H and O–H groups in total. The van der Waals surface area contributed by atoms with Gasteiger partial charge >= 0.3 is 15.5 Å². The van der Waals surface area contributed by atoms with Gasteiger partial charge in [-0.1, -0.05) is 42.3 Å². The number of anilines is 1. The van der Waals surface area contributed by atoms with Crippen molar-refractivity contribution in [1.29, 1.82) is 0 Å². The van der Waals surface area contributed by atoms with E-state index in [0.29, 0.717) is 24.7 Å². The van der Waals surface area contributed by atoms with Gasteiger partial charge in [-0.3, -0.25) is 4.72 Å². The molecule has 1 rings (SSSR count). The minimum atomic E-state index is -5.53. The van der Waals surface area contributed by atoms with E-state index in [9.17, 15) is 21.6 Å². The highest BCUT2D eigenvalue weighted by Gasteiger charge is 2.46. The number of hydrogen-bond donors (Lipinski definition) is 1. The summed E-state index contributed by atoms with van der Waals surface area (Å²) in [6.45, 7) is 10.1. The molecule has 170 valence electrons. The van der Waals surface area contributed by atoms with Gasteiger partial charge in [0.1, 0.15) is 6.61 Å². The summed E-state index contributed by atoms with van der Waals surface area (Å²) in [6.07, 6.45) is 5.36. The maximum Gasteiger partial charge on any atom is 0.516 e. The van der Waals surface area contributed by atoms with Crippen molar-refractivity contribution < 1.29 is 26.4 Å². The number of sulfonamides is 1. The van der Waals surface area contributed by atoms with E-state index < -0.39 is 15.5 Å². The van der Waals surface area contributed by atoms with Crippen LogP contribution in [0.1, 0.15) is 64.5 Å². The number of benzene rings is 1. The lowest BCUT2D eigenvalue weighted by Crippen LogP contribution is -2.30. The maximum atomic E-state index is 12.8. The monoisotopic (exact) mass is 448 g/mol. The van der Waals surface area contributed by atoms with Crippen LogP contribution in [-0.4, -0.2) is 26.2 Å². The van der Waals surface area contributed by atoms with Gasteiger partial charge in [-0.25, -0.2) is 0 Å². The van der Waals surface area contributed by atoms with Crippen LogP contribution in [0.4, 0.5) is 18.9 Å². The van der Waals surface area contributed by atoms with Crippen molar-refractivity contribution in [2.45, 2.75) is 65.8 Å². The molecule has 0 aliphatic rings. The summed E-state index contributed by atoms with van der Waals surface area (Å²) in [5.41, 5.74) is -2.91. The molecule has 0 aliphatic carbocycles. The Balaban J connectivity index is 2.89. The van der Waals surface area contributed by atoms with Gasteiger partial charge in [0.15, 0.2) is 0 Å². The number of nitrogens with zero attached hydrogens (tertiary/aromatic N) is 1. The molecule has 5 nitrogen and oxygen atoms in total. The summed E-state index contributed by atoms with van der Waals surface area (Å²) in [5.74, 6) is 0.439. The van der Waals surface area contributed by atoms with Crippen LogP contribution in [0.25, 0.3) is 0 Å². The van der Waals surface area contributed by atoms with Crippen molar-refractivity contribution in [3.05, 3.63) is 41.0 Å². The highest BCUT2D eigenvalue weighted by atomic mass is 32.2. The second-order valence-corrected chi connectivity index (χ2v) is 9.25. The third kappa shape index (κ3) is 8.38. The Morgan fingerprint density at radius 3 is 2.50 bits per heavy atom. The van der Waals surface area contributed by atoms with Gasteiger partial charge in [0.2, 0.25) is 0 Å². The predicted octanol–water partition coefficient (Wildman–Crippen LogP) is 6.16. The minimum Gasteiger partial charge on any atom is -0.396 e. The van der Waals surface area contributed by atoms with Crippen molar-refractivity contribution in [1.82, 2.24) is 0 Å². The lowest BCUT2D eigenvalue weighted by Gasteiger charge is -2.16. The molecule has 0 aliphatic heterocycles. The molecule has 0 spiro atoms. The molecule has 30 heavy (non-hydrogen) atoms. The highest BCUT2D eigenvalue weighted by molar-refractivity contribution is 7.93. The first kappa shape index (κ1) is 26.0. The van der Waals surface area contributed by atoms with Crippen molar-refractivity contribution in [2.75, 3.05) is 11.3 Å². The van der Waals surface area contributed by atoms with Gasteiger partial charge in [0.25, 0.3) is 0 Å². The number of hydrogen-bond acceptors (Lipinski definition) is 4. The molecule has 0 saturated heterocycles. The predicted molar refractivity (Wildman–Crippen MR) is 115 cm³/mol. The number of oxime groups is 1. The first-order valence-corrected chi connectivity index (χ1v) is 11.4. The van der Waals surface area contributed by atoms with Crippen LogP contribution in [0, 0.1) is 12.8 Å². The Kier molecular flexibility index (Phi) is 9.87.